The highest BCUT2D eigenvalue weighted by atomic mass is 35.5. The lowest BCUT2D eigenvalue weighted by atomic mass is 10.3. The Hall–Kier alpha value is -2.08. The number of aryl methyl sites for hydroxylation is 2. The van der Waals surface area contributed by atoms with Crippen molar-refractivity contribution in [3.05, 3.63) is 35.9 Å². The molecule has 3 rings (SSSR count). The van der Waals surface area contributed by atoms with E-state index in [2.05, 4.69) is 15.2 Å². The van der Waals surface area contributed by atoms with Crippen LogP contribution >= 0.6 is 11.6 Å². The summed E-state index contributed by atoms with van der Waals surface area (Å²) in [6.45, 7) is 0. The molecular formula is C11H11ClN6. The zero-order valence-electron chi connectivity index (χ0n) is 9.95. The lowest BCUT2D eigenvalue weighted by Crippen LogP contribution is -2.05. The van der Waals surface area contributed by atoms with Crippen molar-refractivity contribution in [1.82, 2.24) is 29.1 Å². The van der Waals surface area contributed by atoms with Gasteiger partial charge in [-0.3, -0.25) is 4.68 Å². The predicted molar refractivity (Wildman–Crippen MR) is 67.5 cm³/mol. The SMILES string of the molecule is Cn1ccnc1-n1nc(-c2ccnn2C)cc1Cl. The molecule has 0 N–H and O–H groups in total. The summed E-state index contributed by atoms with van der Waals surface area (Å²) in [6.07, 6.45) is 5.28. The summed E-state index contributed by atoms with van der Waals surface area (Å²) < 4.78 is 5.21. The van der Waals surface area contributed by atoms with Crippen molar-refractivity contribution in [1.29, 1.82) is 0 Å². The Labute approximate surface area is 108 Å². The maximum absolute atomic E-state index is 6.20. The third kappa shape index (κ3) is 1.62. The van der Waals surface area contributed by atoms with Gasteiger partial charge in [0.2, 0.25) is 5.95 Å². The molecule has 0 unspecified atom stereocenters. The topological polar surface area (TPSA) is 53.5 Å². The second-order valence-electron chi connectivity index (χ2n) is 3.94. The number of hydrogen-bond acceptors (Lipinski definition) is 3. The molecule has 0 amide bonds. The Morgan fingerprint density at radius 1 is 1.22 bits per heavy atom. The quantitative estimate of drug-likeness (QED) is 0.706. The van der Waals surface area contributed by atoms with Crippen molar-refractivity contribution in [2.45, 2.75) is 0 Å². The monoisotopic (exact) mass is 262 g/mol. The van der Waals surface area contributed by atoms with Crippen molar-refractivity contribution in [3.8, 4) is 17.3 Å². The summed E-state index contributed by atoms with van der Waals surface area (Å²) in [5.74, 6) is 0.674. The summed E-state index contributed by atoms with van der Waals surface area (Å²) in [6, 6.07) is 3.69. The highest BCUT2D eigenvalue weighted by Gasteiger charge is 2.14. The number of nitrogens with zero attached hydrogens (tertiary/aromatic N) is 6. The van der Waals surface area contributed by atoms with E-state index in [4.69, 9.17) is 11.6 Å². The minimum absolute atomic E-state index is 0.514. The van der Waals surface area contributed by atoms with Gasteiger partial charge >= 0.3 is 0 Å². The van der Waals surface area contributed by atoms with Crippen LogP contribution in [0.25, 0.3) is 17.3 Å². The maximum atomic E-state index is 6.20. The van der Waals surface area contributed by atoms with Crippen LogP contribution in [0.2, 0.25) is 5.15 Å². The molecule has 0 fully saturated rings. The van der Waals surface area contributed by atoms with Crippen molar-refractivity contribution >= 4 is 11.6 Å². The Morgan fingerprint density at radius 2 is 2.06 bits per heavy atom. The molecule has 0 bridgehead atoms. The van der Waals surface area contributed by atoms with Crippen molar-refractivity contribution in [3.63, 3.8) is 0 Å². The van der Waals surface area contributed by atoms with Crippen LogP contribution in [0, 0.1) is 0 Å². The van der Waals surface area contributed by atoms with E-state index in [1.54, 1.807) is 27.8 Å². The minimum Gasteiger partial charge on any atom is -0.319 e. The molecule has 0 aliphatic rings. The van der Waals surface area contributed by atoms with E-state index < -0.39 is 0 Å². The molecule has 0 saturated heterocycles. The van der Waals surface area contributed by atoms with Crippen LogP contribution < -0.4 is 0 Å². The van der Waals surface area contributed by atoms with Crippen LogP contribution in [-0.4, -0.2) is 29.1 Å². The number of aromatic nitrogens is 6. The van der Waals surface area contributed by atoms with E-state index in [1.807, 2.05) is 30.9 Å². The molecular weight excluding hydrogens is 252 g/mol. The van der Waals surface area contributed by atoms with Gasteiger partial charge in [0.15, 0.2) is 0 Å². The van der Waals surface area contributed by atoms with E-state index in [0.717, 1.165) is 11.4 Å². The van der Waals surface area contributed by atoms with E-state index in [-0.39, 0.29) is 0 Å². The molecule has 7 heteroatoms. The molecule has 18 heavy (non-hydrogen) atoms. The van der Waals surface area contributed by atoms with Gasteiger partial charge in [0, 0.05) is 38.8 Å². The van der Waals surface area contributed by atoms with Gasteiger partial charge in [0.25, 0.3) is 0 Å². The van der Waals surface area contributed by atoms with E-state index in [0.29, 0.717) is 11.1 Å². The Morgan fingerprint density at radius 3 is 2.67 bits per heavy atom. The molecule has 3 heterocycles. The fourth-order valence-electron chi connectivity index (χ4n) is 1.81. The lowest BCUT2D eigenvalue weighted by molar-refractivity contribution is 0.742. The highest BCUT2D eigenvalue weighted by Crippen LogP contribution is 2.23. The molecule has 6 nitrogen and oxygen atoms in total. The largest absolute Gasteiger partial charge is 0.319 e. The van der Waals surface area contributed by atoms with Gasteiger partial charge in [-0.1, -0.05) is 11.6 Å². The van der Waals surface area contributed by atoms with Crippen molar-refractivity contribution < 1.29 is 0 Å². The first-order chi connectivity index (χ1) is 8.66. The third-order valence-corrected chi connectivity index (χ3v) is 3.00. The van der Waals surface area contributed by atoms with Gasteiger partial charge in [-0.2, -0.15) is 14.9 Å². The zero-order valence-corrected chi connectivity index (χ0v) is 10.7. The average Bonchev–Trinajstić information content (AvgIpc) is 3.00. The first kappa shape index (κ1) is 11.0. The molecule has 0 aromatic carbocycles. The zero-order chi connectivity index (χ0) is 12.7. The van der Waals surface area contributed by atoms with Crippen LogP contribution in [0.15, 0.2) is 30.7 Å². The van der Waals surface area contributed by atoms with Crippen LogP contribution in [-0.2, 0) is 14.1 Å². The summed E-state index contributed by atoms with van der Waals surface area (Å²) >= 11 is 6.20. The van der Waals surface area contributed by atoms with Gasteiger partial charge in [-0.25, -0.2) is 4.98 Å². The Bertz CT molecular complexity index is 692. The van der Waals surface area contributed by atoms with Gasteiger partial charge in [-0.15, -0.1) is 0 Å². The Balaban J connectivity index is 2.13. The number of imidazole rings is 1. The summed E-state index contributed by atoms with van der Waals surface area (Å²) in [7, 11) is 3.76. The molecule has 92 valence electrons. The van der Waals surface area contributed by atoms with E-state index in [9.17, 15) is 0 Å². The van der Waals surface area contributed by atoms with Crippen LogP contribution in [0.4, 0.5) is 0 Å². The fourth-order valence-corrected chi connectivity index (χ4v) is 2.03. The summed E-state index contributed by atoms with van der Waals surface area (Å²) in [5.41, 5.74) is 1.67. The van der Waals surface area contributed by atoms with Crippen molar-refractivity contribution in [2.24, 2.45) is 14.1 Å². The average molecular weight is 263 g/mol. The van der Waals surface area contributed by atoms with Gasteiger partial charge in [0.05, 0.1) is 5.69 Å². The van der Waals surface area contributed by atoms with Gasteiger partial charge in [-0.05, 0) is 6.07 Å². The minimum atomic E-state index is 0.514. The van der Waals surface area contributed by atoms with Crippen LogP contribution in [0.3, 0.4) is 0 Å². The molecule has 0 aliphatic carbocycles. The van der Waals surface area contributed by atoms with Crippen LogP contribution in [0.5, 0.6) is 0 Å². The summed E-state index contributed by atoms with van der Waals surface area (Å²) in [5, 5.41) is 9.09. The first-order valence-electron chi connectivity index (χ1n) is 5.38. The maximum Gasteiger partial charge on any atom is 0.231 e. The molecule has 0 saturated carbocycles. The van der Waals surface area contributed by atoms with Crippen molar-refractivity contribution in [2.75, 3.05) is 0 Å². The van der Waals surface area contributed by atoms with Gasteiger partial charge < -0.3 is 4.57 Å². The number of halogens is 1. The predicted octanol–water partition coefficient (Wildman–Crippen LogP) is 1.66. The molecule has 3 aromatic heterocycles. The van der Waals surface area contributed by atoms with Gasteiger partial charge in [0.1, 0.15) is 10.8 Å². The number of rotatable bonds is 2. The lowest BCUT2D eigenvalue weighted by Gasteiger charge is -2.01. The second-order valence-corrected chi connectivity index (χ2v) is 4.33. The van der Waals surface area contributed by atoms with Crippen LogP contribution in [0.1, 0.15) is 0 Å². The number of hydrogen-bond donors (Lipinski definition) is 0. The molecule has 0 radical (unpaired) electrons. The summed E-state index contributed by atoms with van der Waals surface area (Å²) in [4.78, 5) is 4.22. The normalized spacial score (nSPS) is 11.1. The first-order valence-corrected chi connectivity index (χ1v) is 5.76. The molecule has 0 atom stereocenters. The standard InChI is InChI=1S/C11H11ClN6/c1-16-6-5-13-11(16)18-10(12)7-8(15-18)9-3-4-14-17(9)2/h3-7H,1-2H3. The fraction of sp³-hybridized carbons (Fsp3) is 0.182. The van der Waals surface area contributed by atoms with E-state index >= 15 is 0 Å². The highest BCUT2D eigenvalue weighted by molar-refractivity contribution is 6.30. The Kier molecular flexibility index (Phi) is 2.45. The second kappa shape index (κ2) is 3.99. The smallest absolute Gasteiger partial charge is 0.231 e. The molecule has 0 aliphatic heterocycles. The molecule has 0 spiro atoms. The van der Waals surface area contributed by atoms with E-state index in [1.165, 1.54) is 0 Å². The third-order valence-electron chi connectivity index (χ3n) is 2.73. The molecule has 3 aromatic rings.